The van der Waals surface area contributed by atoms with Gasteiger partial charge in [0.25, 0.3) is 0 Å². The second-order valence-corrected chi connectivity index (χ2v) is 0.706. The summed E-state index contributed by atoms with van der Waals surface area (Å²) in [6, 6.07) is 0. The summed E-state index contributed by atoms with van der Waals surface area (Å²) in [6.07, 6.45) is 0. The van der Waals surface area contributed by atoms with Crippen LogP contribution < -0.4 is 29.6 Å². The van der Waals surface area contributed by atoms with Gasteiger partial charge in [0.15, 0.2) is 0 Å². The molecule has 4 heteroatoms. The fraction of sp³-hybridized carbons (Fsp3) is 0.333. The van der Waals surface area contributed by atoms with Crippen LogP contribution in [0.1, 0.15) is 8.35 Å². The summed E-state index contributed by atoms with van der Waals surface area (Å²) < 4.78 is 3.72. The van der Waals surface area contributed by atoms with Crippen LogP contribution in [0.25, 0.3) is 0 Å². The van der Waals surface area contributed by atoms with Crippen molar-refractivity contribution in [3.05, 3.63) is 0 Å². The molecule has 0 fully saturated rings. The minimum atomic E-state index is -0.579. The van der Waals surface area contributed by atoms with E-state index in [1.807, 2.05) is 0 Å². The fourth-order valence-electron chi connectivity index (χ4n) is 0.0678. The van der Waals surface area contributed by atoms with Crippen molar-refractivity contribution in [2.75, 3.05) is 0 Å². The van der Waals surface area contributed by atoms with E-state index in [1.54, 1.807) is 0 Å². The summed E-state index contributed by atoms with van der Waals surface area (Å²) in [5, 5.41) is 0. The van der Waals surface area contributed by atoms with E-state index in [0.717, 1.165) is 6.92 Å². The van der Waals surface area contributed by atoms with Gasteiger partial charge in [0.1, 0.15) is 0 Å². The molecular formula is C3H5NaO3. The van der Waals surface area contributed by atoms with E-state index >= 15 is 0 Å². The molecule has 0 aliphatic carbocycles. The van der Waals surface area contributed by atoms with Crippen molar-refractivity contribution in [1.82, 2.24) is 0 Å². The van der Waals surface area contributed by atoms with Gasteiger partial charge >= 0.3 is 42.0 Å². The first-order chi connectivity index (χ1) is 2.77. The molecule has 0 amide bonds. The third-order valence-corrected chi connectivity index (χ3v) is 0.214. The van der Waals surface area contributed by atoms with Gasteiger partial charge in [-0.3, -0.25) is 9.59 Å². The Kier molecular flexibility index (Phi) is 8.94. The maximum Gasteiger partial charge on any atom is 1.00 e. The quantitative estimate of drug-likeness (QED) is 0.155. The van der Waals surface area contributed by atoms with Crippen molar-refractivity contribution in [3.63, 3.8) is 0 Å². The summed E-state index contributed by atoms with van der Waals surface area (Å²) in [5.74, 6) is -0.579. The van der Waals surface area contributed by atoms with E-state index < -0.39 is 5.97 Å². The number of carbonyl (C=O) groups is 2. The van der Waals surface area contributed by atoms with E-state index in [4.69, 9.17) is 0 Å². The molecule has 0 atom stereocenters. The number of rotatable bonds is 1. The Balaban J connectivity index is -0.000000125. The molecule has 0 aliphatic heterocycles. The Labute approximate surface area is 64.8 Å². The number of hydrogen-bond donors (Lipinski definition) is 0. The number of ether oxygens (including phenoxy) is 1. The fourth-order valence-corrected chi connectivity index (χ4v) is 0.0678. The van der Waals surface area contributed by atoms with Gasteiger partial charge in [0.2, 0.25) is 0 Å². The van der Waals surface area contributed by atoms with Crippen LogP contribution in [0.3, 0.4) is 0 Å². The zero-order valence-electron chi connectivity index (χ0n) is 5.30. The van der Waals surface area contributed by atoms with Gasteiger partial charge in [-0.05, 0) is 0 Å². The van der Waals surface area contributed by atoms with Crippen LogP contribution in [-0.2, 0) is 14.3 Å². The monoisotopic (exact) mass is 112 g/mol. The Morgan fingerprint density at radius 2 is 2.29 bits per heavy atom. The Morgan fingerprint density at radius 1 is 1.86 bits per heavy atom. The van der Waals surface area contributed by atoms with E-state index in [0.29, 0.717) is 0 Å². The molecule has 0 radical (unpaired) electrons. The van der Waals surface area contributed by atoms with Gasteiger partial charge in [-0.25, -0.2) is 0 Å². The van der Waals surface area contributed by atoms with E-state index in [2.05, 4.69) is 4.74 Å². The first kappa shape index (κ1) is 10.2. The number of hydrogen-bond acceptors (Lipinski definition) is 3. The molecule has 0 bridgehead atoms. The second-order valence-electron chi connectivity index (χ2n) is 0.706. The first-order valence-corrected chi connectivity index (χ1v) is 1.38. The summed E-state index contributed by atoms with van der Waals surface area (Å²) in [6.45, 7) is 1.26. The molecule has 0 aromatic carbocycles. The van der Waals surface area contributed by atoms with Crippen molar-refractivity contribution in [2.24, 2.45) is 0 Å². The van der Waals surface area contributed by atoms with Gasteiger partial charge in [-0.2, -0.15) is 0 Å². The molecule has 0 rings (SSSR count). The zero-order chi connectivity index (χ0) is 4.99. The van der Waals surface area contributed by atoms with Crippen molar-refractivity contribution in [2.45, 2.75) is 6.92 Å². The number of esters is 1. The largest absolute Gasteiger partial charge is 1.00 e. The van der Waals surface area contributed by atoms with Crippen molar-refractivity contribution in [3.8, 4) is 0 Å². The van der Waals surface area contributed by atoms with Crippen LogP contribution >= 0.6 is 0 Å². The molecule has 0 aromatic heterocycles. The van der Waals surface area contributed by atoms with Crippen molar-refractivity contribution >= 4 is 12.4 Å². The van der Waals surface area contributed by atoms with Gasteiger partial charge in [-0.15, -0.1) is 0 Å². The SMILES string of the molecule is CC(=O)OC=O.[H-].[Na+]. The first-order valence-electron chi connectivity index (χ1n) is 1.38. The molecular weight excluding hydrogens is 107 g/mol. The summed E-state index contributed by atoms with van der Waals surface area (Å²) >= 11 is 0. The van der Waals surface area contributed by atoms with Gasteiger partial charge in [0, 0.05) is 6.92 Å². The molecule has 0 saturated heterocycles. The van der Waals surface area contributed by atoms with Gasteiger partial charge in [-0.1, -0.05) is 0 Å². The topological polar surface area (TPSA) is 43.4 Å². The summed E-state index contributed by atoms with van der Waals surface area (Å²) in [4.78, 5) is 18.8. The van der Waals surface area contributed by atoms with Crippen LogP contribution in [0.4, 0.5) is 0 Å². The van der Waals surface area contributed by atoms with Crippen molar-refractivity contribution < 1.29 is 45.3 Å². The maximum absolute atomic E-state index is 9.59. The average Bonchev–Trinajstić information content (AvgIpc) is 1.35. The molecule has 0 aliphatic rings. The molecule has 0 heterocycles. The van der Waals surface area contributed by atoms with Crippen LogP contribution in [0.2, 0.25) is 0 Å². The standard InChI is InChI=1S/C3H4O3.Na.H/c1-3(5)6-2-4;;/h2H,1H3;;/q;+1;-1. The van der Waals surface area contributed by atoms with Crippen LogP contribution in [0.5, 0.6) is 0 Å². The minimum Gasteiger partial charge on any atom is -1.00 e. The number of carbonyl (C=O) groups excluding carboxylic acids is 2. The third kappa shape index (κ3) is 10.7. The smallest absolute Gasteiger partial charge is 1.00 e. The molecule has 3 nitrogen and oxygen atoms in total. The Morgan fingerprint density at radius 3 is 2.29 bits per heavy atom. The van der Waals surface area contributed by atoms with Gasteiger partial charge in [0.05, 0.1) is 0 Å². The maximum atomic E-state index is 9.59. The average molecular weight is 112 g/mol. The van der Waals surface area contributed by atoms with Crippen LogP contribution in [-0.4, -0.2) is 12.4 Å². The molecule has 0 unspecified atom stereocenters. The predicted octanol–water partition coefficient (Wildman–Crippen LogP) is -3.18. The zero-order valence-corrected chi connectivity index (χ0v) is 6.30. The third-order valence-electron chi connectivity index (χ3n) is 0.214. The second kappa shape index (κ2) is 6.14. The molecule has 0 aromatic rings. The summed E-state index contributed by atoms with van der Waals surface area (Å²) in [7, 11) is 0. The normalized spacial score (nSPS) is 5.86. The Bertz CT molecular complexity index is 74.9. The van der Waals surface area contributed by atoms with Gasteiger partial charge < -0.3 is 6.16 Å². The molecule has 0 N–H and O–H groups in total. The molecule has 36 valence electrons. The molecule has 0 saturated carbocycles. The van der Waals surface area contributed by atoms with Crippen LogP contribution in [0, 0.1) is 0 Å². The Hall–Kier alpha value is 0.140. The predicted molar refractivity (Wildman–Crippen MR) is 18.9 cm³/mol. The van der Waals surface area contributed by atoms with Crippen LogP contribution in [0.15, 0.2) is 0 Å². The molecule has 7 heavy (non-hydrogen) atoms. The summed E-state index contributed by atoms with van der Waals surface area (Å²) in [5.41, 5.74) is 0. The van der Waals surface area contributed by atoms with Crippen molar-refractivity contribution in [1.29, 1.82) is 0 Å². The van der Waals surface area contributed by atoms with E-state index in [9.17, 15) is 9.59 Å². The molecule has 0 spiro atoms. The minimum absolute atomic E-state index is 0. The van der Waals surface area contributed by atoms with E-state index in [1.165, 1.54) is 0 Å². The van der Waals surface area contributed by atoms with E-state index in [-0.39, 0.29) is 37.5 Å².